The number of ketones is 1. The van der Waals surface area contributed by atoms with E-state index in [1.165, 1.54) is 38.1 Å². The van der Waals surface area contributed by atoms with Crippen LogP contribution in [0.3, 0.4) is 0 Å². The first-order valence-corrected chi connectivity index (χ1v) is 9.24. The molecule has 28 heavy (non-hydrogen) atoms. The normalized spacial score (nSPS) is 11.4. The number of esters is 1. The standard InChI is InChI=1S/C19H18N2O6S/c1-12(22)16-5-3-4-6-17(16)20-19(24)13(2)27-18(23)11-28-15-9-7-14(8-10-15)21(25)26/h3-10,13H,11H2,1-2H3,(H,20,24)/t13-/m0/s1. The minimum absolute atomic E-state index is 0.0388. The fourth-order valence-electron chi connectivity index (χ4n) is 2.22. The number of carbonyl (C=O) groups is 3. The maximum absolute atomic E-state index is 12.2. The summed E-state index contributed by atoms with van der Waals surface area (Å²) in [5, 5.41) is 13.2. The third kappa shape index (κ3) is 5.92. The molecule has 0 heterocycles. The average molecular weight is 402 g/mol. The molecule has 9 heteroatoms. The smallest absolute Gasteiger partial charge is 0.317 e. The summed E-state index contributed by atoms with van der Waals surface area (Å²) in [7, 11) is 0. The number of nitrogens with zero attached hydrogens (tertiary/aromatic N) is 1. The molecule has 8 nitrogen and oxygen atoms in total. The molecule has 2 rings (SSSR count). The van der Waals surface area contributed by atoms with Crippen molar-refractivity contribution < 1.29 is 24.0 Å². The Balaban J connectivity index is 1.87. The van der Waals surface area contributed by atoms with Crippen LogP contribution >= 0.6 is 11.8 Å². The minimum atomic E-state index is -1.05. The number of para-hydroxylation sites is 1. The second kappa shape index (κ2) is 9.65. The zero-order valence-electron chi connectivity index (χ0n) is 15.2. The van der Waals surface area contributed by atoms with Crippen molar-refractivity contribution in [1.82, 2.24) is 0 Å². The highest BCUT2D eigenvalue weighted by molar-refractivity contribution is 8.00. The lowest BCUT2D eigenvalue weighted by Gasteiger charge is -2.15. The average Bonchev–Trinajstić information content (AvgIpc) is 2.66. The van der Waals surface area contributed by atoms with Crippen molar-refractivity contribution in [3.8, 4) is 0 Å². The van der Waals surface area contributed by atoms with E-state index in [1.807, 2.05) is 0 Å². The van der Waals surface area contributed by atoms with Crippen LogP contribution in [0.15, 0.2) is 53.4 Å². The molecule has 0 unspecified atom stereocenters. The van der Waals surface area contributed by atoms with E-state index in [4.69, 9.17) is 4.74 Å². The zero-order chi connectivity index (χ0) is 20.7. The van der Waals surface area contributed by atoms with Crippen LogP contribution in [0.2, 0.25) is 0 Å². The first-order valence-electron chi connectivity index (χ1n) is 8.25. The number of carbonyl (C=O) groups excluding carboxylic acids is 3. The molecular formula is C19H18N2O6S. The summed E-state index contributed by atoms with van der Waals surface area (Å²) in [4.78, 5) is 46.5. The van der Waals surface area contributed by atoms with Gasteiger partial charge in [0.1, 0.15) is 0 Å². The van der Waals surface area contributed by atoms with Gasteiger partial charge in [0.05, 0.1) is 16.4 Å². The summed E-state index contributed by atoms with van der Waals surface area (Å²) in [5.41, 5.74) is 0.675. The van der Waals surface area contributed by atoms with Crippen molar-refractivity contribution >= 4 is 40.8 Å². The molecule has 0 fully saturated rings. The number of rotatable bonds is 8. The van der Waals surface area contributed by atoms with Crippen LogP contribution in [-0.4, -0.2) is 34.4 Å². The highest BCUT2D eigenvalue weighted by Crippen LogP contribution is 2.22. The third-order valence-corrected chi connectivity index (χ3v) is 4.63. The number of ether oxygens (including phenoxy) is 1. The Hall–Kier alpha value is -3.20. The number of non-ortho nitro benzene ring substituents is 1. The van der Waals surface area contributed by atoms with Gasteiger partial charge in [0.2, 0.25) is 0 Å². The largest absolute Gasteiger partial charge is 0.452 e. The van der Waals surface area contributed by atoms with Gasteiger partial charge in [-0.05, 0) is 38.1 Å². The second-order valence-electron chi connectivity index (χ2n) is 5.76. The van der Waals surface area contributed by atoms with Crippen molar-refractivity contribution in [3.63, 3.8) is 0 Å². The van der Waals surface area contributed by atoms with Gasteiger partial charge in [-0.25, -0.2) is 0 Å². The lowest BCUT2D eigenvalue weighted by Crippen LogP contribution is -2.31. The molecule has 146 valence electrons. The highest BCUT2D eigenvalue weighted by atomic mass is 32.2. The molecule has 1 N–H and O–H groups in total. The van der Waals surface area contributed by atoms with E-state index >= 15 is 0 Å². The quantitative estimate of drug-likeness (QED) is 0.236. The van der Waals surface area contributed by atoms with E-state index in [-0.39, 0.29) is 17.2 Å². The number of nitrogens with one attached hydrogen (secondary N) is 1. The Labute approximate surface area is 165 Å². The number of hydrogen-bond acceptors (Lipinski definition) is 7. The van der Waals surface area contributed by atoms with Crippen molar-refractivity contribution in [2.24, 2.45) is 0 Å². The highest BCUT2D eigenvalue weighted by Gasteiger charge is 2.19. The van der Waals surface area contributed by atoms with Gasteiger partial charge in [-0.15, -0.1) is 11.8 Å². The number of amides is 1. The molecule has 2 aromatic carbocycles. The number of Topliss-reactive ketones (excluding diaryl/α,β-unsaturated/α-hetero) is 1. The van der Waals surface area contributed by atoms with Crippen LogP contribution in [0.1, 0.15) is 24.2 Å². The van der Waals surface area contributed by atoms with E-state index in [1.54, 1.807) is 24.3 Å². The molecule has 0 aliphatic heterocycles. The Bertz CT molecular complexity index is 898. The van der Waals surface area contributed by atoms with E-state index in [0.29, 0.717) is 16.1 Å². The predicted octanol–water partition coefficient (Wildman–Crippen LogP) is 3.46. The number of hydrogen-bond donors (Lipinski definition) is 1. The van der Waals surface area contributed by atoms with Crippen molar-refractivity contribution in [2.45, 2.75) is 24.8 Å². The molecule has 2 aromatic rings. The number of nitro benzene ring substituents is 1. The monoisotopic (exact) mass is 402 g/mol. The summed E-state index contributed by atoms with van der Waals surface area (Å²) in [6.45, 7) is 2.82. The summed E-state index contributed by atoms with van der Waals surface area (Å²) < 4.78 is 5.10. The van der Waals surface area contributed by atoms with Crippen molar-refractivity contribution in [1.29, 1.82) is 0 Å². The van der Waals surface area contributed by atoms with Crippen LogP contribution in [0, 0.1) is 10.1 Å². The molecular weight excluding hydrogens is 384 g/mol. The number of anilines is 1. The van der Waals surface area contributed by atoms with Crippen molar-refractivity contribution in [2.75, 3.05) is 11.1 Å². The topological polar surface area (TPSA) is 116 Å². The molecule has 0 saturated carbocycles. The summed E-state index contributed by atoms with van der Waals surface area (Å²) in [6.07, 6.45) is -1.05. The van der Waals surface area contributed by atoms with Gasteiger partial charge >= 0.3 is 5.97 Å². The Morgan fingerprint density at radius 3 is 2.39 bits per heavy atom. The summed E-state index contributed by atoms with van der Waals surface area (Å²) >= 11 is 1.14. The fraction of sp³-hybridized carbons (Fsp3) is 0.211. The van der Waals surface area contributed by atoms with Crippen molar-refractivity contribution in [3.05, 3.63) is 64.2 Å². The van der Waals surface area contributed by atoms with Gasteiger partial charge in [-0.1, -0.05) is 12.1 Å². The van der Waals surface area contributed by atoms with E-state index in [9.17, 15) is 24.5 Å². The SMILES string of the molecule is CC(=O)c1ccccc1NC(=O)[C@H](C)OC(=O)CSc1ccc([N+](=O)[O-])cc1. The van der Waals surface area contributed by atoms with E-state index in [0.717, 1.165) is 11.8 Å². The maximum Gasteiger partial charge on any atom is 0.317 e. The van der Waals surface area contributed by atoms with Crippen LogP contribution in [-0.2, 0) is 14.3 Å². The maximum atomic E-state index is 12.2. The summed E-state index contributed by atoms with van der Waals surface area (Å²) in [6, 6.07) is 12.3. The Morgan fingerprint density at radius 1 is 1.14 bits per heavy atom. The number of nitro groups is 1. The second-order valence-corrected chi connectivity index (χ2v) is 6.81. The van der Waals surface area contributed by atoms with Gasteiger partial charge in [0, 0.05) is 22.6 Å². The van der Waals surface area contributed by atoms with E-state index in [2.05, 4.69) is 5.32 Å². The minimum Gasteiger partial charge on any atom is -0.452 e. The van der Waals surface area contributed by atoms with Crippen LogP contribution in [0.25, 0.3) is 0 Å². The van der Waals surface area contributed by atoms with Gasteiger partial charge in [0.15, 0.2) is 11.9 Å². The predicted molar refractivity (Wildman–Crippen MR) is 104 cm³/mol. The molecule has 1 atom stereocenters. The summed E-state index contributed by atoms with van der Waals surface area (Å²) in [5.74, 6) is -1.41. The van der Waals surface area contributed by atoms with Gasteiger partial charge in [-0.3, -0.25) is 24.5 Å². The lowest BCUT2D eigenvalue weighted by atomic mass is 10.1. The van der Waals surface area contributed by atoms with Crippen LogP contribution in [0.5, 0.6) is 0 Å². The molecule has 0 aliphatic carbocycles. The Kier molecular flexibility index (Phi) is 7.28. The molecule has 0 aromatic heterocycles. The number of thioether (sulfide) groups is 1. The van der Waals surface area contributed by atoms with Gasteiger partial charge < -0.3 is 10.1 Å². The zero-order valence-corrected chi connectivity index (χ0v) is 16.0. The molecule has 0 spiro atoms. The molecule has 0 radical (unpaired) electrons. The first-order chi connectivity index (χ1) is 13.3. The van der Waals surface area contributed by atoms with E-state index < -0.39 is 22.9 Å². The number of benzene rings is 2. The third-order valence-electron chi connectivity index (χ3n) is 3.65. The molecule has 1 amide bonds. The fourth-order valence-corrected chi connectivity index (χ4v) is 2.91. The lowest BCUT2D eigenvalue weighted by molar-refractivity contribution is -0.384. The van der Waals surface area contributed by atoms with Crippen LogP contribution < -0.4 is 5.32 Å². The van der Waals surface area contributed by atoms with Gasteiger partial charge in [-0.2, -0.15) is 0 Å². The molecule has 0 aliphatic rings. The Morgan fingerprint density at radius 2 is 1.79 bits per heavy atom. The first kappa shape index (κ1) is 21.1. The molecule has 0 saturated heterocycles. The van der Waals surface area contributed by atoms with Gasteiger partial charge in [0.25, 0.3) is 11.6 Å². The van der Waals surface area contributed by atoms with Crippen LogP contribution in [0.4, 0.5) is 11.4 Å². The molecule has 0 bridgehead atoms.